The molecule has 0 aromatic heterocycles. The van der Waals surface area contributed by atoms with Gasteiger partial charge >= 0.3 is 0 Å². The number of hydrogen-bond acceptors (Lipinski definition) is 2. The van der Waals surface area contributed by atoms with Crippen LogP contribution in [0.3, 0.4) is 0 Å². The Morgan fingerprint density at radius 3 is 2.46 bits per heavy atom. The molecular weight excluding hydrogens is 301 g/mol. The van der Waals surface area contributed by atoms with Gasteiger partial charge in [-0.05, 0) is 67.5 Å². The van der Waals surface area contributed by atoms with Crippen molar-refractivity contribution in [3.8, 4) is 0 Å². The number of piperidine rings is 1. The van der Waals surface area contributed by atoms with E-state index in [4.69, 9.17) is 0 Å². The van der Waals surface area contributed by atoms with Crippen LogP contribution in [-0.4, -0.2) is 18.9 Å². The van der Waals surface area contributed by atoms with Crippen molar-refractivity contribution in [1.29, 1.82) is 0 Å². The summed E-state index contributed by atoms with van der Waals surface area (Å²) in [6.07, 6.45) is 3.83. The number of hydrogen-bond donors (Lipinski definition) is 0. The lowest BCUT2D eigenvalue weighted by molar-refractivity contribution is -0.116. The van der Waals surface area contributed by atoms with Gasteiger partial charge in [0.15, 0.2) is 0 Å². The van der Waals surface area contributed by atoms with E-state index in [9.17, 15) is 9.18 Å². The van der Waals surface area contributed by atoms with Crippen LogP contribution in [0.5, 0.6) is 0 Å². The summed E-state index contributed by atoms with van der Waals surface area (Å²) >= 11 is 0. The van der Waals surface area contributed by atoms with Crippen molar-refractivity contribution in [2.75, 3.05) is 18.0 Å². The summed E-state index contributed by atoms with van der Waals surface area (Å²) in [7, 11) is 0. The van der Waals surface area contributed by atoms with E-state index in [2.05, 4.69) is 17.0 Å². The van der Waals surface area contributed by atoms with Crippen LogP contribution < -0.4 is 4.90 Å². The molecule has 2 nitrogen and oxygen atoms in total. The van der Waals surface area contributed by atoms with Gasteiger partial charge in [-0.2, -0.15) is 0 Å². The number of rotatable bonds is 5. The Labute approximate surface area is 143 Å². The van der Waals surface area contributed by atoms with Gasteiger partial charge in [-0.25, -0.2) is 4.39 Å². The Balaban J connectivity index is 1.56. The van der Waals surface area contributed by atoms with Crippen LogP contribution in [-0.2, 0) is 17.6 Å². The van der Waals surface area contributed by atoms with Crippen molar-refractivity contribution < 1.29 is 9.18 Å². The number of carbonyl (C=O) groups is 1. The molecule has 0 radical (unpaired) electrons. The van der Waals surface area contributed by atoms with Gasteiger partial charge in [0.05, 0.1) is 0 Å². The molecule has 0 atom stereocenters. The molecule has 0 amide bonds. The molecule has 2 aromatic rings. The molecule has 126 valence electrons. The predicted molar refractivity (Wildman–Crippen MR) is 95.9 cm³/mol. The van der Waals surface area contributed by atoms with Gasteiger partial charge in [-0.1, -0.05) is 24.3 Å². The average molecular weight is 325 g/mol. The van der Waals surface area contributed by atoms with E-state index in [1.54, 1.807) is 19.1 Å². The Kier molecular flexibility index (Phi) is 5.29. The molecule has 1 aliphatic rings. The van der Waals surface area contributed by atoms with Crippen LogP contribution in [0.25, 0.3) is 0 Å². The third-order valence-electron chi connectivity index (χ3n) is 4.78. The van der Waals surface area contributed by atoms with Gasteiger partial charge in [-0.3, -0.25) is 4.79 Å². The lowest BCUT2D eigenvalue weighted by Gasteiger charge is -2.34. The van der Waals surface area contributed by atoms with Crippen molar-refractivity contribution in [2.45, 2.75) is 32.6 Å². The maximum atomic E-state index is 13.0. The monoisotopic (exact) mass is 325 g/mol. The van der Waals surface area contributed by atoms with Crippen molar-refractivity contribution in [2.24, 2.45) is 5.92 Å². The molecule has 1 heterocycles. The molecule has 1 saturated heterocycles. The van der Waals surface area contributed by atoms with Crippen LogP contribution in [0.2, 0.25) is 0 Å². The van der Waals surface area contributed by atoms with Gasteiger partial charge in [-0.15, -0.1) is 0 Å². The lowest BCUT2D eigenvalue weighted by atomic mass is 9.90. The topological polar surface area (TPSA) is 20.3 Å². The highest BCUT2D eigenvalue weighted by Crippen LogP contribution is 2.26. The minimum absolute atomic E-state index is 0.168. The van der Waals surface area contributed by atoms with Crippen LogP contribution in [0.1, 0.15) is 30.9 Å². The maximum absolute atomic E-state index is 13.0. The summed E-state index contributed by atoms with van der Waals surface area (Å²) in [5.41, 5.74) is 3.53. The number of benzene rings is 2. The van der Waals surface area contributed by atoms with Crippen LogP contribution >= 0.6 is 0 Å². The van der Waals surface area contributed by atoms with Crippen LogP contribution in [0.15, 0.2) is 48.5 Å². The first kappa shape index (κ1) is 16.7. The van der Waals surface area contributed by atoms with Crippen molar-refractivity contribution in [3.63, 3.8) is 0 Å². The molecule has 1 aliphatic heterocycles. The fourth-order valence-electron chi connectivity index (χ4n) is 3.50. The third kappa shape index (κ3) is 4.44. The summed E-state index contributed by atoms with van der Waals surface area (Å²) in [5, 5.41) is 0. The van der Waals surface area contributed by atoms with Crippen molar-refractivity contribution >= 4 is 11.5 Å². The van der Waals surface area contributed by atoms with Gasteiger partial charge in [0.1, 0.15) is 11.6 Å². The predicted octanol–water partition coefficient (Wildman–Crippen LogP) is 4.42. The van der Waals surface area contributed by atoms with E-state index in [0.717, 1.165) is 37.9 Å². The highest BCUT2D eigenvalue weighted by molar-refractivity contribution is 5.78. The number of anilines is 1. The smallest absolute Gasteiger partial charge is 0.134 e. The Hall–Kier alpha value is -2.16. The summed E-state index contributed by atoms with van der Waals surface area (Å²) in [6.45, 7) is 3.71. The molecule has 0 N–H and O–H groups in total. The summed E-state index contributed by atoms with van der Waals surface area (Å²) in [5.74, 6) is 0.691. The minimum Gasteiger partial charge on any atom is -0.372 e. The highest BCUT2D eigenvalue weighted by atomic mass is 19.1. The van der Waals surface area contributed by atoms with Crippen molar-refractivity contribution in [3.05, 3.63) is 65.5 Å². The largest absolute Gasteiger partial charge is 0.372 e. The molecule has 3 heteroatoms. The minimum atomic E-state index is -0.168. The zero-order valence-electron chi connectivity index (χ0n) is 14.2. The molecule has 0 saturated carbocycles. The first-order chi connectivity index (χ1) is 11.6. The van der Waals surface area contributed by atoms with E-state index < -0.39 is 0 Å². The standard InChI is InChI=1S/C21H24FNO/c1-16(24)13-19-3-2-4-21(15-19)23-11-9-18(10-12-23)14-17-5-7-20(22)8-6-17/h2-8,15,18H,9-14H2,1H3. The van der Waals surface area contributed by atoms with Gasteiger partial charge in [0.25, 0.3) is 0 Å². The van der Waals surface area contributed by atoms with E-state index in [0.29, 0.717) is 12.3 Å². The molecule has 0 unspecified atom stereocenters. The van der Waals surface area contributed by atoms with Gasteiger partial charge < -0.3 is 4.90 Å². The first-order valence-electron chi connectivity index (χ1n) is 8.68. The normalized spacial score (nSPS) is 15.5. The average Bonchev–Trinajstić information content (AvgIpc) is 2.57. The number of nitrogens with zero attached hydrogens (tertiary/aromatic N) is 1. The van der Waals surface area contributed by atoms with E-state index in [1.165, 1.54) is 11.3 Å². The lowest BCUT2D eigenvalue weighted by Crippen LogP contribution is -2.34. The van der Waals surface area contributed by atoms with E-state index >= 15 is 0 Å². The second-order valence-electron chi connectivity index (χ2n) is 6.81. The maximum Gasteiger partial charge on any atom is 0.134 e. The second kappa shape index (κ2) is 7.61. The van der Waals surface area contributed by atoms with E-state index in [1.807, 2.05) is 24.3 Å². The number of carbonyl (C=O) groups excluding carboxylic acids is 1. The molecule has 0 spiro atoms. The molecule has 24 heavy (non-hydrogen) atoms. The summed E-state index contributed by atoms with van der Waals surface area (Å²) in [4.78, 5) is 13.7. The quantitative estimate of drug-likeness (QED) is 0.811. The first-order valence-corrected chi connectivity index (χ1v) is 8.68. The Bertz CT molecular complexity index is 687. The molecule has 3 rings (SSSR count). The molecule has 1 fully saturated rings. The number of ketones is 1. The number of Topliss-reactive ketones (excluding diaryl/α,β-unsaturated/α-hetero) is 1. The van der Waals surface area contributed by atoms with Gasteiger partial charge in [0, 0.05) is 25.2 Å². The van der Waals surface area contributed by atoms with Gasteiger partial charge in [0.2, 0.25) is 0 Å². The van der Waals surface area contributed by atoms with E-state index in [-0.39, 0.29) is 11.6 Å². The molecule has 2 aromatic carbocycles. The fourth-order valence-corrected chi connectivity index (χ4v) is 3.50. The van der Waals surface area contributed by atoms with Crippen molar-refractivity contribution in [1.82, 2.24) is 0 Å². The highest BCUT2D eigenvalue weighted by Gasteiger charge is 2.20. The third-order valence-corrected chi connectivity index (χ3v) is 4.78. The zero-order chi connectivity index (χ0) is 16.9. The molecule has 0 aliphatic carbocycles. The Morgan fingerprint density at radius 1 is 1.08 bits per heavy atom. The second-order valence-corrected chi connectivity index (χ2v) is 6.81. The summed E-state index contributed by atoms with van der Waals surface area (Å²) in [6, 6.07) is 15.2. The van der Waals surface area contributed by atoms with Crippen LogP contribution in [0.4, 0.5) is 10.1 Å². The fraction of sp³-hybridized carbons (Fsp3) is 0.381. The molecule has 0 bridgehead atoms. The Morgan fingerprint density at radius 2 is 1.79 bits per heavy atom. The number of halogens is 1. The zero-order valence-corrected chi connectivity index (χ0v) is 14.2. The SMILES string of the molecule is CC(=O)Cc1cccc(N2CCC(Cc3ccc(F)cc3)CC2)c1. The molecular formula is C21H24FNO. The van der Waals surface area contributed by atoms with Crippen LogP contribution in [0, 0.1) is 11.7 Å². The summed E-state index contributed by atoms with van der Waals surface area (Å²) < 4.78 is 13.0.